The maximum absolute atomic E-state index is 12.0. The zero-order chi connectivity index (χ0) is 13.4. The number of carboxylic acid groups (broad SMARTS) is 1. The summed E-state index contributed by atoms with van der Waals surface area (Å²) >= 11 is 9.80. The fourth-order valence-corrected chi connectivity index (χ4v) is 4.86. The fraction of sp³-hybridized carbons (Fsp3) is 0.375. The Morgan fingerprint density at radius 2 is 2.18 bits per heavy atom. The van der Waals surface area contributed by atoms with Crippen LogP contribution in [0, 0.1) is 0 Å². The van der Waals surface area contributed by atoms with Crippen molar-refractivity contribution < 1.29 is 18.3 Å². The number of thiophene rings is 1. The van der Waals surface area contributed by atoms with Crippen LogP contribution in [0.5, 0.6) is 0 Å². The molecule has 0 bridgehead atoms. The normalized spacial score (nSPS) is 13.9. The smallest absolute Gasteiger partial charge is 0.321 e. The molecule has 0 amide bonds. The number of rotatable bonds is 4. The van der Waals surface area contributed by atoms with Crippen LogP contribution >= 0.6 is 38.9 Å². The number of hydrogen-bond donors (Lipinski definition) is 1. The largest absolute Gasteiger partial charge is 0.480 e. The van der Waals surface area contributed by atoms with Gasteiger partial charge in [0.05, 0.1) is 8.81 Å². The molecule has 1 N–H and O–H groups in total. The number of likely N-dealkylation sites (N-methyl/N-ethyl adjacent to an activating group) is 1. The van der Waals surface area contributed by atoms with Gasteiger partial charge < -0.3 is 5.11 Å². The van der Waals surface area contributed by atoms with Crippen molar-refractivity contribution in [1.82, 2.24) is 4.31 Å². The van der Waals surface area contributed by atoms with Gasteiger partial charge in [0.15, 0.2) is 0 Å². The zero-order valence-electron chi connectivity index (χ0n) is 8.85. The minimum atomic E-state index is -3.83. The highest BCUT2D eigenvalue weighted by Gasteiger charge is 2.31. The van der Waals surface area contributed by atoms with Crippen LogP contribution in [0.3, 0.4) is 0 Å². The number of aliphatic carboxylic acids is 1. The van der Waals surface area contributed by atoms with Crippen LogP contribution < -0.4 is 0 Å². The Labute approximate surface area is 116 Å². The summed E-state index contributed by atoms with van der Waals surface area (Å²) in [6.07, 6.45) is 0. The Balaban J connectivity index is 3.15. The third-order valence-electron chi connectivity index (χ3n) is 2.16. The van der Waals surface area contributed by atoms with E-state index in [1.165, 1.54) is 20.0 Å². The molecule has 0 fully saturated rings. The lowest BCUT2D eigenvalue weighted by molar-refractivity contribution is -0.140. The first-order chi connectivity index (χ1) is 7.67. The Morgan fingerprint density at radius 1 is 1.65 bits per heavy atom. The molecule has 5 nitrogen and oxygen atoms in total. The molecule has 1 unspecified atom stereocenters. The van der Waals surface area contributed by atoms with Crippen molar-refractivity contribution in [2.45, 2.75) is 17.2 Å². The molecule has 0 saturated heterocycles. The van der Waals surface area contributed by atoms with Gasteiger partial charge in [-0.1, -0.05) is 11.6 Å². The summed E-state index contributed by atoms with van der Waals surface area (Å²) in [5.41, 5.74) is 0. The lowest BCUT2D eigenvalue weighted by Gasteiger charge is -2.19. The van der Waals surface area contributed by atoms with Crippen LogP contribution in [-0.4, -0.2) is 36.9 Å². The minimum absolute atomic E-state index is 0.00461. The molecule has 1 aromatic rings. The van der Waals surface area contributed by atoms with E-state index in [1.807, 2.05) is 0 Å². The maximum atomic E-state index is 12.0. The van der Waals surface area contributed by atoms with Crippen LogP contribution in [0.15, 0.2) is 14.1 Å². The van der Waals surface area contributed by atoms with E-state index >= 15 is 0 Å². The first kappa shape index (κ1) is 14.9. The van der Waals surface area contributed by atoms with Crippen LogP contribution in [0.1, 0.15) is 6.92 Å². The van der Waals surface area contributed by atoms with E-state index < -0.39 is 22.0 Å². The third-order valence-corrected chi connectivity index (χ3v) is 7.01. The second-order valence-electron chi connectivity index (χ2n) is 3.22. The summed E-state index contributed by atoms with van der Waals surface area (Å²) in [7, 11) is -2.61. The maximum Gasteiger partial charge on any atom is 0.321 e. The molecule has 1 heterocycles. The minimum Gasteiger partial charge on any atom is -0.480 e. The first-order valence-corrected chi connectivity index (χ1v) is 7.76. The first-order valence-electron chi connectivity index (χ1n) is 4.33. The van der Waals surface area contributed by atoms with Crippen LogP contribution in [0.25, 0.3) is 0 Å². The van der Waals surface area contributed by atoms with Gasteiger partial charge in [0, 0.05) is 7.05 Å². The van der Waals surface area contributed by atoms with E-state index in [4.69, 9.17) is 16.7 Å². The van der Waals surface area contributed by atoms with Crippen molar-refractivity contribution in [1.29, 1.82) is 0 Å². The summed E-state index contributed by atoms with van der Waals surface area (Å²) in [6.45, 7) is 1.30. The van der Waals surface area contributed by atoms with E-state index in [9.17, 15) is 13.2 Å². The summed E-state index contributed by atoms with van der Waals surface area (Å²) < 4.78 is 25.4. The number of hydrogen-bond acceptors (Lipinski definition) is 4. The predicted molar refractivity (Wildman–Crippen MR) is 69.1 cm³/mol. The number of halogens is 2. The van der Waals surface area contributed by atoms with Crippen LogP contribution in [0.2, 0.25) is 5.02 Å². The molecule has 0 aliphatic rings. The second kappa shape index (κ2) is 5.23. The summed E-state index contributed by atoms with van der Waals surface area (Å²) in [4.78, 5) is 10.8. The van der Waals surface area contributed by atoms with Crippen LogP contribution in [-0.2, 0) is 14.8 Å². The molecule has 0 aliphatic heterocycles. The van der Waals surface area contributed by atoms with Gasteiger partial charge in [0.1, 0.15) is 10.3 Å². The molecule has 1 rings (SSSR count). The highest BCUT2D eigenvalue weighted by molar-refractivity contribution is 9.11. The van der Waals surface area contributed by atoms with E-state index in [1.54, 1.807) is 0 Å². The van der Waals surface area contributed by atoms with Gasteiger partial charge in [0.25, 0.3) is 10.0 Å². The van der Waals surface area contributed by atoms with Crippen molar-refractivity contribution in [2.24, 2.45) is 0 Å². The standard InChI is InChI=1S/C8H9BrClNO4S2/c1-4(8(12)13)11(2)17(14,15)6-3-5(10)7(9)16-6/h3-4H,1-2H3,(H,12,13). The zero-order valence-corrected chi connectivity index (χ0v) is 12.8. The summed E-state index contributed by atoms with van der Waals surface area (Å²) in [5.74, 6) is -1.21. The molecule has 9 heteroatoms. The second-order valence-corrected chi connectivity index (χ2v) is 8.22. The SMILES string of the molecule is CC(C(=O)O)N(C)S(=O)(=O)c1cc(Cl)c(Br)s1. The molecular formula is C8H9BrClNO4S2. The topological polar surface area (TPSA) is 74.7 Å². The van der Waals surface area contributed by atoms with E-state index in [-0.39, 0.29) is 9.23 Å². The third kappa shape index (κ3) is 3.00. The lowest BCUT2D eigenvalue weighted by atomic mass is 10.4. The molecule has 0 spiro atoms. The average Bonchev–Trinajstić information content (AvgIpc) is 2.57. The Bertz CT molecular complexity index is 522. The molecule has 17 heavy (non-hydrogen) atoms. The van der Waals surface area contributed by atoms with Gasteiger partial charge in [-0.2, -0.15) is 4.31 Å². The van der Waals surface area contributed by atoms with Gasteiger partial charge in [-0.05, 0) is 28.9 Å². The molecule has 0 aliphatic carbocycles. The van der Waals surface area contributed by atoms with Crippen molar-refractivity contribution in [2.75, 3.05) is 7.05 Å². The number of nitrogens with zero attached hydrogens (tertiary/aromatic N) is 1. The van der Waals surface area contributed by atoms with Gasteiger partial charge in [0.2, 0.25) is 0 Å². The summed E-state index contributed by atoms with van der Waals surface area (Å²) in [5, 5.41) is 9.07. The highest BCUT2D eigenvalue weighted by atomic mass is 79.9. The van der Waals surface area contributed by atoms with Gasteiger partial charge in [-0.15, -0.1) is 11.3 Å². The molecule has 1 atom stereocenters. The molecule has 0 saturated carbocycles. The van der Waals surface area contributed by atoms with E-state index in [2.05, 4.69) is 15.9 Å². The Morgan fingerprint density at radius 3 is 2.53 bits per heavy atom. The quantitative estimate of drug-likeness (QED) is 0.891. The van der Waals surface area contributed by atoms with Gasteiger partial charge in [-0.3, -0.25) is 4.79 Å². The predicted octanol–water partition coefficient (Wildman–Crippen LogP) is 2.26. The van der Waals surface area contributed by atoms with Gasteiger partial charge in [-0.25, -0.2) is 8.42 Å². The van der Waals surface area contributed by atoms with Crippen molar-refractivity contribution in [3.8, 4) is 0 Å². The van der Waals surface area contributed by atoms with E-state index in [0.29, 0.717) is 3.79 Å². The molecule has 96 valence electrons. The molecule has 0 aromatic carbocycles. The summed E-state index contributed by atoms with van der Waals surface area (Å²) in [6, 6.07) is 0.149. The Kier molecular flexibility index (Phi) is 4.59. The van der Waals surface area contributed by atoms with Crippen LogP contribution in [0.4, 0.5) is 0 Å². The van der Waals surface area contributed by atoms with E-state index in [0.717, 1.165) is 15.6 Å². The fourth-order valence-electron chi connectivity index (χ4n) is 0.959. The number of carbonyl (C=O) groups is 1. The van der Waals surface area contributed by atoms with Crippen molar-refractivity contribution in [3.63, 3.8) is 0 Å². The average molecular weight is 363 g/mol. The molecule has 1 aromatic heterocycles. The van der Waals surface area contributed by atoms with Crippen molar-refractivity contribution >= 4 is 54.9 Å². The van der Waals surface area contributed by atoms with Crippen molar-refractivity contribution in [3.05, 3.63) is 14.9 Å². The van der Waals surface area contributed by atoms with Gasteiger partial charge >= 0.3 is 5.97 Å². The number of sulfonamides is 1. The highest BCUT2D eigenvalue weighted by Crippen LogP contribution is 2.35. The number of carboxylic acids is 1. The monoisotopic (exact) mass is 361 g/mol. The lowest BCUT2D eigenvalue weighted by Crippen LogP contribution is -2.39. The molecular weight excluding hydrogens is 354 g/mol. The Hall–Kier alpha value is -0.150. The molecule has 0 radical (unpaired) electrons.